The topological polar surface area (TPSA) is 92.5 Å². The van der Waals surface area contributed by atoms with E-state index in [0.29, 0.717) is 6.54 Å². The molecular weight excluding hydrogens is 282 g/mol. The van der Waals surface area contributed by atoms with Gasteiger partial charge in [-0.05, 0) is 6.92 Å². The van der Waals surface area contributed by atoms with E-state index in [1.807, 2.05) is 25.1 Å². The highest BCUT2D eigenvalue weighted by Crippen LogP contribution is 2.26. The number of carbonyl (C=O) groups is 1. The Bertz CT molecular complexity index is 596. The van der Waals surface area contributed by atoms with Gasteiger partial charge in [0.05, 0.1) is 24.1 Å². The van der Waals surface area contributed by atoms with E-state index in [2.05, 4.69) is 5.10 Å². The van der Waals surface area contributed by atoms with Crippen LogP contribution in [0, 0.1) is 0 Å². The molecule has 1 aromatic heterocycles. The van der Waals surface area contributed by atoms with Crippen LogP contribution in [0.2, 0.25) is 0 Å². The average molecular weight is 301 g/mol. The minimum absolute atomic E-state index is 0.0523. The summed E-state index contributed by atoms with van der Waals surface area (Å²) in [5.41, 5.74) is 0.960. The Labute approximate surface area is 118 Å². The van der Waals surface area contributed by atoms with Crippen LogP contribution < -0.4 is 0 Å². The molecule has 0 saturated carbocycles. The second kappa shape index (κ2) is 5.53. The Kier molecular flexibility index (Phi) is 4.14. The fourth-order valence-electron chi connectivity index (χ4n) is 2.63. The summed E-state index contributed by atoms with van der Waals surface area (Å²) < 4.78 is 25.1. The van der Waals surface area contributed by atoms with Gasteiger partial charge in [0.1, 0.15) is 0 Å². The lowest BCUT2D eigenvalue weighted by Crippen LogP contribution is -2.50. The van der Waals surface area contributed by atoms with E-state index < -0.39 is 21.8 Å². The van der Waals surface area contributed by atoms with Crippen molar-refractivity contribution in [3.8, 4) is 0 Å². The summed E-state index contributed by atoms with van der Waals surface area (Å²) in [6.45, 7) is 2.31. The van der Waals surface area contributed by atoms with E-state index in [1.165, 1.54) is 0 Å². The van der Waals surface area contributed by atoms with E-state index in [4.69, 9.17) is 5.11 Å². The first-order valence-corrected chi connectivity index (χ1v) is 8.27. The summed E-state index contributed by atoms with van der Waals surface area (Å²) in [5, 5.41) is 13.1. The second-order valence-corrected chi connectivity index (χ2v) is 7.46. The molecule has 2 rings (SSSR count). The van der Waals surface area contributed by atoms with Gasteiger partial charge in [-0.15, -0.1) is 0 Å². The van der Waals surface area contributed by atoms with Crippen molar-refractivity contribution in [2.75, 3.05) is 18.1 Å². The summed E-state index contributed by atoms with van der Waals surface area (Å²) >= 11 is 0. The molecule has 0 aliphatic carbocycles. The Morgan fingerprint density at radius 1 is 1.60 bits per heavy atom. The van der Waals surface area contributed by atoms with E-state index in [-0.39, 0.29) is 24.0 Å². The third-order valence-corrected chi connectivity index (χ3v) is 5.39. The molecule has 0 amide bonds. The van der Waals surface area contributed by atoms with Gasteiger partial charge in [0.25, 0.3) is 0 Å². The number of nitrogens with zero attached hydrogens (tertiary/aromatic N) is 3. The summed E-state index contributed by atoms with van der Waals surface area (Å²) in [5.74, 6) is -0.993. The number of aromatic nitrogens is 2. The lowest BCUT2D eigenvalue weighted by molar-refractivity contribution is -0.138. The lowest BCUT2D eigenvalue weighted by Gasteiger charge is -2.38. The Hall–Kier alpha value is -1.41. The van der Waals surface area contributed by atoms with Crippen LogP contribution in [-0.4, -0.2) is 58.3 Å². The molecular formula is C12H19N3O4S. The minimum Gasteiger partial charge on any atom is -0.481 e. The fourth-order valence-corrected chi connectivity index (χ4v) is 4.19. The van der Waals surface area contributed by atoms with Crippen LogP contribution in [-0.2, 0) is 21.7 Å². The van der Waals surface area contributed by atoms with Gasteiger partial charge in [-0.2, -0.15) is 5.10 Å². The number of carboxylic acid groups (broad SMARTS) is 1. The van der Waals surface area contributed by atoms with Crippen LogP contribution in [0.3, 0.4) is 0 Å². The molecule has 1 aliphatic heterocycles. The van der Waals surface area contributed by atoms with Gasteiger partial charge >= 0.3 is 5.97 Å². The van der Waals surface area contributed by atoms with Gasteiger partial charge in [0.15, 0.2) is 9.84 Å². The predicted molar refractivity (Wildman–Crippen MR) is 73.0 cm³/mol. The van der Waals surface area contributed by atoms with Crippen LogP contribution in [0.1, 0.15) is 24.9 Å². The van der Waals surface area contributed by atoms with Crippen LogP contribution >= 0.6 is 0 Å². The van der Waals surface area contributed by atoms with Crippen molar-refractivity contribution in [1.29, 1.82) is 0 Å². The molecule has 0 bridgehead atoms. The molecule has 7 nitrogen and oxygen atoms in total. The molecule has 2 unspecified atom stereocenters. The maximum atomic E-state index is 11.7. The predicted octanol–water partition coefficient (Wildman–Crippen LogP) is 0.0548. The first kappa shape index (κ1) is 15.0. The number of hydrogen-bond acceptors (Lipinski definition) is 5. The third-order valence-electron chi connectivity index (χ3n) is 3.69. The van der Waals surface area contributed by atoms with Crippen LogP contribution in [0.4, 0.5) is 0 Å². The molecule has 20 heavy (non-hydrogen) atoms. The molecule has 2 heterocycles. The number of hydrogen-bond donors (Lipinski definition) is 1. The van der Waals surface area contributed by atoms with Crippen molar-refractivity contribution in [3.05, 3.63) is 18.0 Å². The van der Waals surface area contributed by atoms with Crippen molar-refractivity contribution in [3.63, 3.8) is 0 Å². The number of rotatable bonds is 4. The van der Waals surface area contributed by atoms with Crippen molar-refractivity contribution >= 4 is 15.8 Å². The highest BCUT2D eigenvalue weighted by atomic mass is 32.2. The third kappa shape index (κ3) is 3.37. The zero-order chi connectivity index (χ0) is 14.9. The van der Waals surface area contributed by atoms with Crippen LogP contribution in [0.25, 0.3) is 0 Å². The van der Waals surface area contributed by atoms with Crippen molar-refractivity contribution in [2.45, 2.75) is 25.4 Å². The Morgan fingerprint density at radius 3 is 2.85 bits per heavy atom. The summed E-state index contributed by atoms with van der Waals surface area (Å²) in [7, 11) is -1.34. The molecule has 1 N–H and O–H groups in total. The maximum Gasteiger partial charge on any atom is 0.304 e. The van der Waals surface area contributed by atoms with Crippen molar-refractivity contribution in [1.82, 2.24) is 14.7 Å². The molecule has 112 valence electrons. The monoisotopic (exact) mass is 301 g/mol. The highest BCUT2D eigenvalue weighted by Gasteiger charge is 2.35. The molecule has 2 atom stereocenters. The van der Waals surface area contributed by atoms with Crippen LogP contribution in [0.5, 0.6) is 0 Å². The molecule has 1 fully saturated rings. The van der Waals surface area contributed by atoms with E-state index >= 15 is 0 Å². The van der Waals surface area contributed by atoms with Gasteiger partial charge in [-0.25, -0.2) is 8.42 Å². The number of aliphatic carboxylic acids is 1. The minimum atomic E-state index is -3.15. The first-order valence-electron chi connectivity index (χ1n) is 6.45. The van der Waals surface area contributed by atoms with E-state index in [9.17, 15) is 13.2 Å². The molecule has 0 aromatic carbocycles. The second-order valence-electron chi connectivity index (χ2n) is 5.23. The first-order chi connectivity index (χ1) is 9.28. The van der Waals surface area contributed by atoms with Crippen molar-refractivity contribution < 1.29 is 18.3 Å². The molecule has 8 heteroatoms. The zero-order valence-corrected chi connectivity index (χ0v) is 12.4. The smallest absolute Gasteiger partial charge is 0.304 e. The molecule has 1 aromatic rings. The average Bonchev–Trinajstić information content (AvgIpc) is 2.73. The van der Waals surface area contributed by atoms with Gasteiger partial charge < -0.3 is 5.11 Å². The highest BCUT2D eigenvalue weighted by molar-refractivity contribution is 7.91. The van der Waals surface area contributed by atoms with E-state index in [1.54, 1.807) is 10.9 Å². The van der Waals surface area contributed by atoms with E-state index in [0.717, 1.165) is 5.56 Å². The molecule has 1 aliphatic rings. The Morgan fingerprint density at radius 2 is 2.30 bits per heavy atom. The maximum absolute atomic E-state index is 11.7. The number of aryl methyl sites for hydroxylation is 1. The SMILES string of the molecule is CC(c1cnn(C)c1)N1CCS(=O)(=O)CC1CC(=O)O. The van der Waals surface area contributed by atoms with Gasteiger partial charge in [0.2, 0.25) is 0 Å². The normalized spacial score (nSPS) is 24.4. The number of sulfone groups is 1. The molecule has 0 spiro atoms. The molecule has 1 saturated heterocycles. The van der Waals surface area contributed by atoms with Crippen molar-refractivity contribution in [2.24, 2.45) is 7.05 Å². The van der Waals surface area contributed by atoms with Gasteiger partial charge in [-0.3, -0.25) is 14.4 Å². The largest absolute Gasteiger partial charge is 0.481 e. The Balaban J connectivity index is 2.21. The summed E-state index contributed by atoms with van der Waals surface area (Å²) in [6.07, 6.45) is 3.43. The zero-order valence-electron chi connectivity index (χ0n) is 11.6. The van der Waals surface area contributed by atoms with Crippen LogP contribution in [0.15, 0.2) is 12.4 Å². The van der Waals surface area contributed by atoms with Gasteiger partial charge in [0, 0.05) is 37.4 Å². The molecule has 0 radical (unpaired) electrons. The van der Waals surface area contributed by atoms with Gasteiger partial charge in [-0.1, -0.05) is 0 Å². The summed E-state index contributed by atoms with van der Waals surface area (Å²) in [4.78, 5) is 12.9. The lowest BCUT2D eigenvalue weighted by atomic mass is 10.1. The number of carboxylic acids is 1. The summed E-state index contributed by atoms with van der Waals surface area (Å²) in [6, 6.07) is -0.537. The standard InChI is InChI=1S/C12H19N3O4S/c1-9(10-6-13-14(2)7-10)15-3-4-20(18,19)8-11(15)5-12(16)17/h6-7,9,11H,3-5,8H2,1-2H3,(H,16,17). The fraction of sp³-hybridized carbons (Fsp3) is 0.667. The quantitative estimate of drug-likeness (QED) is 0.845.